The quantitative estimate of drug-likeness (QED) is 0.618. The molecule has 0 unspecified atom stereocenters. The molecule has 1 rings (SSSR count). The molecule has 0 aliphatic heterocycles. The van der Waals surface area contributed by atoms with Crippen LogP contribution in [0.5, 0.6) is 0 Å². The minimum atomic E-state index is 1.18. The molecule has 0 aromatic heterocycles. The highest BCUT2D eigenvalue weighted by Gasteiger charge is 1.88. The highest BCUT2D eigenvalue weighted by molar-refractivity contribution is 5.76. The third kappa shape index (κ3) is 2.04. The minimum absolute atomic E-state index is 1.18. The second-order valence-electron chi connectivity index (χ2n) is 2.38. The monoisotopic (exact) mass is 145 g/mol. The van der Waals surface area contributed by atoms with Crippen LogP contribution in [-0.4, -0.2) is 6.21 Å². The lowest BCUT2D eigenvalue weighted by atomic mass is 10.1. The van der Waals surface area contributed by atoms with Gasteiger partial charge >= 0.3 is 0 Å². The van der Waals surface area contributed by atoms with Crippen molar-refractivity contribution in [2.75, 3.05) is 0 Å². The highest BCUT2D eigenvalue weighted by atomic mass is 14.3. The summed E-state index contributed by atoms with van der Waals surface area (Å²) in [7, 11) is 0. The summed E-state index contributed by atoms with van der Waals surface area (Å²) in [4.78, 5) is 0. The summed E-state index contributed by atoms with van der Waals surface area (Å²) < 4.78 is 0. The van der Waals surface area contributed by atoms with Gasteiger partial charge in [0.05, 0.1) is 0 Å². The number of aryl methyl sites for hydroxylation is 1. The average Bonchev–Trinajstić information content (AvgIpc) is 2.03. The van der Waals surface area contributed by atoms with Crippen molar-refractivity contribution in [1.82, 2.24) is 0 Å². The molecule has 56 valence electrons. The average molecular weight is 145 g/mol. The number of benzene rings is 1. The van der Waals surface area contributed by atoms with E-state index in [1.54, 1.807) is 6.08 Å². The van der Waals surface area contributed by atoms with Gasteiger partial charge < -0.3 is 5.41 Å². The molecule has 0 bridgehead atoms. The van der Waals surface area contributed by atoms with Crippen molar-refractivity contribution < 1.29 is 0 Å². The number of hydrogen-bond donors (Lipinski definition) is 1. The first kappa shape index (κ1) is 7.73. The van der Waals surface area contributed by atoms with Crippen molar-refractivity contribution in [2.45, 2.75) is 6.92 Å². The van der Waals surface area contributed by atoms with Gasteiger partial charge in [-0.25, -0.2) is 0 Å². The van der Waals surface area contributed by atoms with Crippen molar-refractivity contribution in [2.24, 2.45) is 0 Å². The zero-order valence-corrected chi connectivity index (χ0v) is 6.54. The van der Waals surface area contributed by atoms with Crippen molar-refractivity contribution in [3.05, 3.63) is 41.5 Å². The number of allylic oxidation sites excluding steroid dienone is 1. The topological polar surface area (TPSA) is 23.9 Å². The molecule has 0 fully saturated rings. The van der Waals surface area contributed by atoms with Gasteiger partial charge in [0, 0.05) is 6.21 Å². The van der Waals surface area contributed by atoms with E-state index >= 15 is 0 Å². The fourth-order valence-electron chi connectivity index (χ4n) is 0.926. The third-order valence-corrected chi connectivity index (χ3v) is 1.56. The minimum Gasteiger partial charge on any atom is -0.309 e. The van der Waals surface area contributed by atoms with Crippen LogP contribution in [0.4, 0.5) is 0 Å². The lowest BCUT2D eigenvalue weighted by Crippen LogP contribution is -1.77. The van der Waals surface area contributed by atoms with E-state index in [-0.39, 0.29) is 0 Å². The summed E-state index contributed by atoms with van der Waals surface area (Å²) in [5.74, 6) is 0. The fourth-order valence-corrected chi connectivity index (χ4v) is 0.926. The van der Waals surface area contributed by atoms with Crippen molar-refractivity contribution in [3.63, 3.8) is 0 Å². The normalized spacial score (nSPS) is 10.3. The molecule has 0 saturated heterocycles. The molecule has 0 atom stereocenters. The molecule has 0 radical (unpaired) electrons. The summed E-state index contributed by atoms with van der Waals surface area (Å²) in [5.41, 5.74) is 2.42. The van der Waals surface area contributed by atoms with E-state index in [2.05, 4.69) is 13.0 Å². The molecular formula is C10H11N. The Morgan fingerprint density at radius 1 is 1.27 bits per heavy atom. The van der Waals surface area contributed by atoms with E-state index in [1.807, 2.05) is 24.3 Å². The van der Waals surface area contributed by atoms with E-state index in [1.165, 1.54) is 17.3 Å². The molecule has 0 spiro atoms. The molecule has 0 amide bonds. The zero-order valence-electron chi connectivity index (χ0n) is 6.54. The molecule has 0 heterocycles. The fraction of sp³-hybridized carbons (Fsp3) is 0.100. The van der Waals surface area contributed by atoms with Crippen LogP contribution in [0, 0.1) is 12.3 Å². The van der Waals surface area contributed by atoms with Crippen molar-refractivity contribution in [1.29, 1.82) is 5.41 Å². The lowest BCUT2D eigenvalue weighted by Gasteiger charge is -1.96. The van der Waals surface area contributed by atoms with Crippen LogP contribution in [0.3, 0.4) is 0 Å². The van der Waals surface area contributed by atoms with Crippen LogP contribution in [0.1, 0.15) is 11.1 Å². The molecule has 1 N–H and O–H groups in total. The van der Waals surface area contributed by atoms with E-state index in [4.69, 9.17) is 5.41 Å². The molecular weight excluding hydrogens is 134 g/mol. The van der Waals surface area contributed by atoms with Gasteiger partial charge in [0.2, 0.25) is 0 Å². The largest absolute Gasteiger partial charge is 0.309 e. The van der Waals surface area contributed by atoms with Crippen LogP contribution in [0.25, 0.3) is 6.08 Å². The molecule has 1 aromatic rings. The van der Waals surface area contributed by atoms with Gasteiger partial charge in [-0.2, -0.15) is 0 Å². The third-order valence-electron chi connectivity index (χ3n) is 1.56. The van der Waals surface area contributed by atoms with Crippen LogP contribution < -0.4 is 0 Å². The summed E-state index contributed by atoms with van der Waals surface area (Å²) in [6.07, 6.45) is 4.94. The predicted molar refractivity (Wildman–Crippen MR) is 49.0 cm³/mol. The molecule has 0 aliphatic carbocycles. The maximum absolute atomic E-state index is 6.81. The van der Waals surface area contributed by atoms with Gasteiger partial charge in [-0.05, 0) is 24.1 Å². The van der Waals surface area contributed by atoms with Crippen LogP contribution in [-0.2, 0) is 0 Å². The SMILES string of the molecule is Cc1ccccc1C=CC=N. The summed E-state index contributed by atoms with van der Waals surface area (Å²) in [5, 5.41) is 6.81. The Balaban J connectivity index is 2.94. The van der Waals surface area contributed by atoms with Crippen LogP contribution >= 0.6 is 0 Å². The summed E-state index contributed by atoms with van der Waals surface area (Å²) in [6, 6.07) is 8.10. The van der Waals surface area contributed by atoms with Gasteiger partial charge in [-0.15, -0.1) is 0 Å². The second kappa shape index (κ2) is 3.71. The van der Waals surface area contributed by atoms with Gasteiger partial charge in [0.25, 0.3) is 0 Å². The number of nitrogens with one attached hydrogen (secondary N) is 1. The maximum Gasteiger partial charge on any atom is 0.0177 e. The Morgan fingerprint density at radius 3 is 2.64 bits per heavy atom. The first-order valence-corrected chi connectivity index (χ1v) is 3.57. The smallest absolute Gasteiger partial charge is 0.0177 e. The van der Waals surface area contributed by atoms with E-state index in [0.717, 1.165) is 0 Å². The zero-order chi connectivity index (χ0) is 8.10. The summed E-state index contributed by atoms with van der Waals surface area (Å²) in [6.45, 7) is 2.06. The van der Waals surface area contributed by atoms with E-state index < -0.39 is 0 Å². The number of rotatable bonds is 2. The van der Waals surface area contributed by atoms with Gasteiger partial charge in [0.1, 0.15) is 0 Å². The molecule has 0 aliphatic rings. The second-order valence-corrected chi connectivity index (χ2v) is 2.38. The standard InChI is InChI=1S/C10H11N/c1-9-5-2-3-6-10(9)7-4-8-11/h2-8,11H,1H3. The molecule has 11 heavy (non-hydrogen) atoms. The predicted octanol–water partition coefficient (Wildman–Crippen LogP) is 2.66. The van der Waals surface area contributed by atoms with E-state index in [9.17, 15) is 0 Å². The van der Waals surface area contributed by atoms with Crippen LogP contribution in [0.2, 0.25) is 0 Å². The molecule has 0 saturated carbocycles. The Labute approximate surface area is 66.9 Å². The van der Waals surface area contributed by atoms with Crippen LogP contribution in [0.15, 0.2) is 30.3 Å². The van der Waals surface area contributed by atoms with Crippen molar-refractivity contribution >= 4 is 12.3 Å². The molecule has 1 heteroatoms. The summed E-state index contributed by atoms with van der Waals surface area (Å²) >= 11 is 0. The highest BCUT2D eigenvalue weighted by Crippen LogP contribution is 2.07. The molecule has 1 aromatic carbocycles. The van der Waals surface area contributed by atoms with Gasteiger partial charge in [-0.1, -0.05) is 30.3 Å². The Bertz CT molecular complexity index is 274. The first-order valence-electron chi connectivity index (χ1n) is 3.57. The Hall–Kier alpha value is -1.37. The lowest BCUT2D eigenvalue weighted by molar-refractivity contribution is 1.44. The van der Waals surface area contributed by atoms with E-state index in [0.29, 0.717) is 0 Å². The van der Waals surface area contributed by atoms with Gasteiger partial charge in [0.15, 0.2) is 0 Å². The Kier molecular flexibility index (Phi) is 2.61. The molecule has 1 nitrogen and oxygen atoms in total. The maximum atomic E-state index is 6.81. The number of hydrogen-bond acceptors (Lipinski definition) is 1. The first-order chi connectivity index (χ1) is 5.34. The Morgan fingerprint density at radius 2 is 2.00 bits per heavy atom. The van der Waals surface area contributed by atoms with Crippen molar-refractivity contribution in [3.8, 4) is 0 Å². The van der Waals surface area contributed by atoms with Gasteiger partial charge in [-0.3, -0.25) is 0 Å².